The second-order valence-electron chi connectivity index (χ2n) is 4.69. The molecule has 0 saturated heterocycles. The lowest BCUT2D eigenvalue weighted by atomic mass is 10.2. The number of aryl methyl sites for hydroxylation is 1. The molecule has 0 aliphatic heterocycles. The Hall–Kier alpha value is -2.69. The van der Waals surface area contributed by atoms with Crippen LogP contribution in [0.1, 0.15) is 18.1 Å². The molecule has 1 aromatic heterocycles. The summed E-state index contributed by atoms with van der Waals surface area (Å²) in [5.74, 6) is -0.191. The Balaban J connectivity index is 1.83. The van der Waals surface area contributed by atoms with Crippen LogP contribution in [0.2, 0.25) is 0 Å². The highest BCUT2D eigenvalue weighted by Crippen LogP contribution is 2.07. The lowest BCUT2D eigenvalue weighted by molar-refractivity contribution is -0.119. The Morgan fingerprint density at radius 2 is 1.81 bits per heavy atom. The summed E-state index contributed by atoms with van der Waals surface area (Å²) in [6.07, 6.45) is 3.38. The van der Waals surface area contributed by atoms with Crippen molar-refractivity contribution in [1.29, 1.82) is 0 Å². The van der Waals surface area contributed by atoms with E-state index in [9.17, 15) is 4.79 Å². The van der Waals surface area contributed by atoms with Crippen LogP contribution in [0.5, 0.6) is 0 Å². The molecule has 5 nitrogen and oxygen atoms in total. The zero-order chi connectivity index (χ0) is 15.1. The van der Waals surface area contributed by atoms with E-state index in [4.69, 9.17) is 0 Å². The van der Waals surface area contributed by atoms with Crippen molar-refractivity contribution in [3.8, 4) is 0 Å². The minimum absolute atomic E-state index is 0.177. The maximum Gasteiger partial charge on any atom is 0.259 e. The first-order chi connectivity index (χ1) is 10.1. The molecule has 2 aromatic rings. The number of amides is 1. The van der Waals surface area contributed by atoms with Crippen molar-refractivity contribution in [3.05, 3.63) is 59.9 Å². The smallest absolute Gasteiger partial charge is 0.259 e. The van der Waals surface area contributed by atoms with Crippen LogP contribution in [0.15, 0.2) is 53.9 Å². The first kappa shape index (κ1) is 14.7. The predicted molar refractivity (Wildman–Crippen MR) is 84.3 cm³/mol. The number of pyridine rings is 1. The molecule has 0 radical (unpaired) electrons. The molecule has 0 bridgehead atoms. The van der Waals surface area contributed by atoms with Crippen molar-refractivity contribution in [2.45, 2.75) is 13.8 Å². The van der Waals surface area contributed by atoms with E-state index in [0.717, 1.165) is 17.0 Å². The summed E-state index contributed by atoms with van der Waals surface area (Å²) in [4.78, 5) is 15.7. The summed E-state index contributed by atoms with van der Waals surface area (Å²) in [5.41, 5.74) is 6.28. The van der Waals surface area contributed by atoms with E-state index in [1.807, 2.05) is 50.2 Å². The van der Waals surface area contributed by atoms with Gasteiger partial charge in [-0.2, -0.15) is 5.10 Å². The molecule has 5 heteroatoms. The number of hydrogen-bond acceptors (Lipinski definition) is 4. The fourth-order valence-electron chi connectivity index (χ4n) is 1.70. The Morgan fingerprint density at radius 1 is 1.14 bits per heavy atom. The average molecular weight is 282 g/mol. The van der Waals surface area contributed by atoms with E-state index >= 15 is 0 Å². The third kappa shape index (κ3) is 4.72. The van der Waals surface area contributed by atoms with E-state index in [-0.39, 0.29) is 12.5 Å². The van der Waals surface area contributed by atoms with Crippen LogP contribution in [-0.2, 0) is 4.79 Å². The first-order valence-electron chi connectivity index (χ1n) is 6.69. The number of hydrazone groups is 1. The number of nitrogens with one attached hydrogen (secondary N) is 2. The maximum absolute atomic E-state index is 11.7. The second kappa shape index (κ2) is 7.19. The number of carbonyl (C=O) groups is 1. The molecule has 1 amide bonds. The van der Waals surface area contributed by atoms with E-state index in [1.165, 1.54) is 5.56 Å². The van der Waals surface area contributed by atoms with Gasteiger partial charge in [0.2, 0.25) is 0 Å². The Morgan fingerprint density at radius 3 is 2.48 bits per heavy atom. The number of carbonyl (C=O) groups excluding carboxylic acids is 1. The Kier molecular flexibility index (Phi) is 5.04. The van der Waals surface area contributed by atoms with Crippen LogP contribution in [-0.4, -0.2) is 23.1 Å². The summed E-state index contributed by atoms with van der Waals surface area (Å²) >= 11 is 0. The SMILES string of the molecule is C/C(=N/NC(=O)CNc1ccc(C)cc1)c1ccncc1. The molecule has 2 rings (SSSR count). The van der Waals surface area contributed by atoms with Crippen molar-refractivity contribution in [2.75, 3.05) is 11.9 Å². The zero-order valence-corrected chi connectivity index (χ0v) is 12.1. The molecule has 0 aliphatic rings. The third-order valence-corrected chi connectivity index (χ3v) is 2.95. The largest absolute Gasteiger partial charge is 0.376 e. The first-order valence-corrected chi connectivity index (χ1v) is 6.69. The lowest BCUT2D eigenvalue weighted by Gasteiger charge is -2.06. The van der Waals surface area contributed by atoms with Crippen molar-refractivity contribution in [3.63, 3.8) is 0 Å². The fraction of sp³-hybridized carbons (Fsp3) is 0.188. The van der Waals surface area contributed by atoms with E-state index in [1.54, 1.807) is 12.4 Å². The number of nitrogens with zero attached hydrogens (tertiary/aromatic N) is 2. The lowest BCUT2D eigenvalue weighted by Crippen LogP contribution is -2.26. The maximum atomic E-state index is 11.7. The van der Waals surface area contributed by atoms with E-state index < -0.39 is 0 Å². The van der Waals surface area contributed by atoms with Gasteiger partial charge in [0.05, 0.1) is 12.3 Å². The number of benzene rings is 1. The van der Waals surface area contributed by atoms with Gasteiger partial charge in [-0.3, -0.25) is 9.78 Å². The topological polar surface area (TPSA) is 66.4 Å². The van der Waals surface area contributed by atoms with Crippen LogP contribution in [0.3, 0.4) is 0 Å². The van der Waals surface area contributed by atoms with Gasteiger partial charge in [-0.15, -0.1) is 0 Å². The van der Waals surface area contributed by atoms with Gasteiger partial charge in [0.1, 0.15) is 0 Å². The van der Waals surface area contributed by atoms with Gasteiger partial charge in [-0.25, -0.2) is 5.43 Å². The molecule has 0 spiro atoms. The Labute approximate surface area is 124 Å². The van der Waals surface area contributed by atoms with Crippen molar-refractivity contribution < 1.29 is 4.79 Å². The predicted octanol–water partition coefficient (Wildman–Crippen LogP) is 2.34. The molecule has 1 heterocycles. The summed E-state index contributed by atoms with van der Waals surface area (Å²) in [5, 5.41) is 7.11. The van der Waals surface area contributed by atoms with Crippen LogP contribution in [0.4, 0.5) is 5.69 Å². The highest BCUT2D eigenvalue weighted by Gasteiger charge is 2.01. The van der Waals surface area contributed by atoms with Crippen molar-refractivity contribution in [1.82, 2.24) is 10.4 Å². The molecule has 2 N–H and O–H groups in total. The number of anilines is 1. The molecule has 0 saturated carbocycles. The molecule has 21 heavy (non-hydrogen) atoms. The summed E-state index contributed by atoms with van der Waals surface area (Å²) in [6.45, 7) is 4.03. The average Bonchev–Trinajstić information content (AvgIpc) is 2.53. The van der Waals surface area contributed by atoms with Gasteiger partial charge in [-0.1, -0.05) is 17.7 Å². The van der Waals surface area contributed by atoms with Gasteiger partial charge in [0.25, 0.3) is 5.91 Å². The standard InChI is InChI=1S/C16H18N4O/c1-12-3-5-15(6-4-12)18-11-16(21)20-19-13(2)14-7-9-17-10-8-14/h3-10,18H,11H2,1-2H3,(H,20,21)/b19-13-. The molecule has 108 valence electrons. The molecule has 0 unspecified atom stereocenters. The highest BCUT2D eigenvalue weighted by atomic mass is 16.2. The molecular formula is C16H18N4O. The summed E-state index contributed by atoms with van der Waals surface area (Å²) in [7, 11) is 0. The minimum atomic E-state index is -0.191. The van der Waals surface area contributed by atoms with E-state index in [0.29, 0.717) is 0 Å². The number of hydrogen-bond donors (Lipinski definition) is 2. The summed E-state index contributed by atoms with van der Waals surface area (Å²) in [6, 6.07) is 11.5. The van der Waals surface area contributed by atoms with Gasteiger partial charge in [0.15, 0.2) is 0 Å². The van der Waals surface area contributed by atoms with Crippen LogP contribution in [0.25, 0.3) is 0 Å². The molecule has 0 atom stereocenters. The van der Waals surface area contributed by atoms with E-state index in [2.05, 4.69) is 20.8 Å². The monoisotopic (exact) mass is 282 g/mol. The van der Waals surface area contributed by atoms with Crippen LogP contribution >= 0.6 is 0 Å². The Bertz CT molecular complexity index is 620. The quantitative estimate of drug-likeness (QED) is 0.653. The minimum Gasteiger partial charge on any atom is -0.376 e. The van der Waals surface area contributed by atoms with Gasteiger partial charge in [0, 0.05) is 23.6 Å². The molecular weight excluding hydrogens is 264 g/mol. The number of aromatic nitrogens is 1. The van der Waals surface area contributed by atoms with Crippen LogP contribution in [0, 0.1) is 6.92 Å². The van der Waals surface area contributed by atoms with Crippen molar-refractivity contribution in [2.24, 2.45) is 5.10 Å². The van der Waals surface area contributed by atoms with Crippen LogP contribution < -0.4 is 10.7 Å². The third-order valence-electron chi connectivity index (χ3n) is 2.95. The van der Waals surface area contributed by atoms with Gasteiger partial charge in [-0.05, 0) is 38.1 Å². The zero-order valence-electron chi connectivity index (χ0n) is 12.1. The second-order valence-corrected chi connectivity index (χ2v) is 4.69. The summed E-state index contributed by atoms with van der Waals surface area (Å²) < 4.78 is 0. The normalized spacial score (nSPS) is 11.0. The molecule has 0 aliphatic carbocycles. The highest BCUT2D eigenvalue weighted by molar-refractivity contribution is 5.99. The number of rotatable bonds is 5. The van der Waals surface area contributed by atoms with Gasteiger partial charge < -0.3 is 5.32 Å². The fourth-order valence-corrected chi connectivity index (χ4v) is 1.70. The van der Waals surface area contributed by atoms with Crippen molar-refractivity contribution >= 4 is 17.3 Å². The molecule has 1 aromatic carbocycles. The van der Waals surface area contributed by atoms with Gasteiger partial charge >= 0.3 is 0 Å². The molecule has 0 fully saturated rings.